The second kappa shape index (κ2) is 6.07. The maximum Gasteiger partial charge on any atom is 0.347 e. The van der Waals surface area contributed by atoms with Gasteiger partial charge in [0.2, 0.25) is 0 Å². The highest BCUT2D eigenvalue weighted by Gasteiger charge is 2.15. The number of carbonyl (C=O) groups excluding carboxylic acids is 1. The number of aliphatic hydroxyl groups is 1. The summed E-state index contributed by atoms with van der Waals surface area (Å²) < 4.78 is 10.1. The standard InChI is InChI=1S/C11H15NO4/c1-3-15-11(14)8(2)16-10-5-4-9(7-13)12-6-10/h4-6,8,13H,3,7H2,1-2H3. The van der Waals surface area contributed by atoms with Gasteiger partial charge < -0.3 is 14.6 Å². The van der Waals surface area contributed by atoms with Crippen molar-refractivity contribution in [2.75, 3.05) is 6.61 Å². The van der Waals surface area contributed by atoms with E-state index in [0.717, 1.165) is 0 Å². The Bertz CT molecular complexity index is 336. The van der Waals surface area contributed by atoms with Crippen molar-refractivity contribution in [1.82, 2.24) is 4.98 Å². The molecule has 1 heterocycles. The number of carbonyl (C=O) groups is 1. The summed E-state index contributed by atoms with van der Waals surface area (Å²) in [7, 11) is 0. The third-order valence-corrected chi connectivity index (χ3v) is 1.89. The zero-order chi connectivity index (χ0) is 12.0. The lowest BCUT2D eigenvalue weighted by Crippen LogP contribution is -2.26. The fourth-order valence-electron chi connectivity index (χ4n) is 1.09. The minimum absolute atomic E-state index is 0.117. The van der Waals surface area contributed by atoms with Gasteiger partial charge in [-0.25, -0.2) is 4.79 Å². The molecule has 1 aromatic heterocycles. The first kappa shape index (κ1) is 12.4. The second-order valence-corrected chi connectivity index (χ2v) is 3.16. The Labute approximate surface area is 94.0 Å². The number of aliphatic hydroxyl groups excluding tert-OH is 1. The minimum Gasteiger partial charge on any atom is -0.477 e. The van der Waals surface area contributed by atoms with Gasteiger partial charge in [-0.05, 0) is 26.0 Å². The van der Waals surface area contributed by atoms with Crippen LogP contribution in [-0.2, 0) is 16.1 Å². The van der Waals surface area contributed by atoms with Crippen LogP contribution in [0.4, 0.5) is 0 Å². The lowest BCUT2D eigenvalue weighted by Gasteiger charge is -2.12. The normalized spacial score (nSPS) is 11.9. The molecule has 16 heavy (non-hydrogen) atoms. The first-order valence-electron chi connectivity index (χ1n) is 5.06. The molecule has 5 nitrogen and oxygen atoms in total. The van der Waals surface area contributed by atoms with Crippen molar-refractivity contribution in [3.63, 3.8) is 0 Å². The summed E-state index contributed by atoms with van der Waals surface area (Å²) >= 11 is 0. The molecular formula is C11H15NO4. The number of ether oxygens (including phenoxy) is 2. The first-order chi connectivity index (χ1) is 7.67. The van der Waals surface area contributed by atoms with Gasteiger partial charge in [0.15, 0.2) is 6.10 Å². The molecule has 0 bridgehead atoms. The van der Waals surface area contributed by atoms with E-state index in [9.17, 15) is 4.79 Å². The van der Waals surface area contributed by atoms with Gasteiger partial charge in [-0.15, -0.1) is 0 Å². The van der Waals surface area contributed by atoms with Crippen molar-refractivity contribution in [2.45, 2.75) is 26.6 Å². The van der Waals surface area contributed by atoms with Crippen LogP contribution in [0.25, 0.3) is 0 Å². The molecule has 1 rings (SSSR count). The van der Waals surface area contributed by atoms with E-state index in [4.69, 9.17) is 14.6 Å². The smallest absolute Gasteiger partial charge is 0.347 e. The molecule has 88 valence electrons. The largest absolute Gasteiger partial charge is 0.477 e. The first-order valence-corrected chi connectivity index (χ1v) is 5.06. The SMILES string of the molecule is CCOC(=O)C(C)Oc1ccc(CO)nc1. The summed E-state index contributed by atoms with van der Waals surface area (Å²) in [6, 6.07) is 3.28. The van der Waals surface area contributed by atoms with E-state index in [1.807, 2.05) is 0 Å². The van der Waals surface area contributed by atoms with E-state index in [2.05, 4.69) is 4.98 Å². The average Bonchev–Trinajstić information content (AvgIpc) is 2.30. The molecule has 1 atom stereocenters. The average molecular weight is 225 g/mol. The Morgan fingerprint density at radius 2 is 2.31 bits per heavy atom. The molecule has 0 aliphatic carbocycles. The van der Waals surface area contributed by atoms with E-state index in [-0.39, 0.29) is 6.61 Å². The van der Waals surface area contributed by atoms with Crippen LogP contribution in [0.2, 0.25) is 0 Å². The lowest BCUT2D eigenvalue weighted by atomic mass is 10.3. The molecule has 1 unspecified atom stereocenters. The number of pyridine rings is 1. The van der Waals surface area contributed by atoms with Crippen LogP contribution < -0.4 is 4.74 Å². The summed E-state index contributed by atoms with van der Waals surface area (Å²) in [5.74, 6) is 0.0616. The third-order valence-electron chi connectivity index (χ3n) is 1.89. The van der Waals surface area contributed by atoms with Crippen LogP contribution in [0.5, 0.6) is 5.75 Å². The van der Waals surface area contributed by atoms with E-state index < -0.39 is 12.1 Å². The predicted octanol–water partition coefficient (Wildman–Crippen LogP) is 0.904. The van der Waals surface area contributed by atoms with Gasteiger partial charge in [0.1, 0.15) is 5.75 Å². The maximum atomic E-state index is 11.3. The summed E-state index contributed by atoms with van der Waals surface area (Å²) in [6.45, 7) is 3.56. The molecule has 5 heteroatoms. The van der Waals surface area contributed by atoms with Gasteiger partial charge in [-0.3, -0.25) is 4.98 Å². The van der Waals surface area contributed by atoms with Gasteiger partial charge in [0, 0.05) is 0 Å². The highest BCUT2D eigenvalue weighted by atomic mass is 16.6. The van der Waals surface area contributed by atoms with Gasteiger partial charge in [-0.2, -0.15) is 0 Å². The minimum atomic E-state index is -0.665. The van der Waals surface area contributed by atoms with Crippen LogP contribution in [0.3, 0.4) is 0 Å². The number of rotatable bonds is 5. The van der Waals surface area contributed by atoms with Crippen molar-refractivity contribution in [3.8, 4) is 5.75 Å². The number of nitrogens with zero attached hydrogens (tertiary/aromatic N) is 1. The Hall–Kier alpha value is -1.62. The van der Waals surface area contributed by atoms with E-state index in [1.165, 1.54) is 6.20 Å². The Balaban J connectivity index is 2.55. The van der Waals surface area contributed by atoms with Crippen LogP contribution in [0.15, 0.2) is 18.3 Å². The number of aromatic nitrogens is 1. The highest BCUT2D eigenvalue weighted by Crippen LogP contribution is 2.11. The molecule has 1 N–H and O–H groups in total. The van der Waals surface area contributed by atoms with Crippen LogP contribution >= 0.6 is 0 Å². The monoisotopic (exact) mass is 225 g/mol. The third kappa shape index (κ3) is 3.51. The summed E-state index contributed by atoms with van der Waals surface area (Å²) in [4.78, 5) is 15.2. The van der Waals surface area contributed by atoms with Crippen molar-refractivity contribution in [2.24, 2.45) is 0 Å². The predicted molar refractivity (Wildman–Crippen MR) is 56.9 cm³/mol. The quantitative estimate of drug-likeness (QED) is 0.754. The van der Waals surface area contributed by atoms with E-state index in [0.29, 0.717) is 18.1 Å². The molecule has 0 aliphatic heterocycles. The van der Waals surface area contributed by atoms with Gasteiger partial charge >= 0.3 is 5.97 Å². The zero-order valence-corrected chi connectivity index (χ0v) is 9.34. The number of hydrogen-bond acceptors (Lipinski definition) is 5. The molecule has 0 fully saturated rings. The topological polar surface area (TPSA) is 68.7 Å². The molecule has 0 amide bonds. The van der Waals surface area contributed by atoms with Crippen LogP contribution in [-0.4, -0.2) is 28.8 Å². The number of esters is 1. The molecule has 1 aromatic rings. The van der Waals surface area contributed by atoms with E-state index in [1.54, 1.807) is 26.0 Å². The van der Waals surface area contributed by atoms with Crippen molar-refractivity contribution < 1.29 is 19.4 Å². The van der Waals surface area contributed by atoms with Crippen molar-refractivity contribution in [1.29, 1.82) is 0 Å². The molecule has 0 saturated heterocycles. The summed E-state index contributed by atoms with van der Waals surface area (Å²) in [6.07, 6.45) is 0.795. The Morgan fingerprint density at radius 3 is 2.81 bits per heavy atom. The summed E-state index contributed by atoms with van der Waals surface area (Å²) in [5, 5.41) is 8.79. The summed E-state index contributed by atoms with van der Waals surface area (Å²) in [5.41, 5.74) is 0.552. The number of hydrogen-bond donors (Lipinski definition) is 1. The molecular weight excluding hydrogens is 210 g/mol. The van der Waals surface area contributed by atoms with Crippen molar-refractivity contribution in [3.05, 3.63) is 24.0 Å². The zero-order valence-electron chi connectivity index (χ0n) is 9.34. The molecule has 0 saturated carbocycles. The molecule has 0 spiro atoms. The van der Waals surface area contributed by atoms with E-state index >= 15 is 0 Å². The van der Waals surface area contributed by atoms with Crippen LogP contribution in [0, 0.1) is 0 Å². The van der Waals surface area contributed by atoms with Gasteiger partial charge in [0.05, 0.1) is 25.1 Å². The fourth-order valence-corrected chi connectivity index (χ4v) is 1.09. The van der Waals surface area contributed by atoms with Crippen molar-refractivity contribution >= 4 is 5.97 Å². The Morgan fingerprint density at radius 1 is 1.56 bits per heavy atom. The van der Waals surface area contributed by atoms with Crippen LogP contribution in [0.1, 0.15) is 19.5 Å². The second-order valence-electron chi connectivity index (χ2n) is 3.16. The molecule has 0 aliphatic rings. The molecule has 0 radical (unpaired) electrons. The maximum absolute atomic E-state index is 11.3. The highest BCUT2D eigenvalue weighted by molar-refractivity contribution is 5.74. The van der Waals surface area contributed by atoms with Gasteiger partial charge in [-0.1, -0.05) is 0 Å². The fraction of sp³-hybridized carbons (Fsp3) is 0.455. The Kier molecular flexibility index (Phi) is 4.72. The lowest BCUT2D eigenvalue weighted by molar-refractivity contribution is -0.150. The molecule has 0 aromatic carbocycles. The van der Waals surface area contributed by atoms with Gasteiger partial charge in [0.25, 0.3) is 0 Å².